The van der Waals surface area contributed by atoms with Crippen LogP contribution in [0.3, 0.4) is 0 Å². The lowest BCUT2D eigenvalue weighted by Gasteiger charge is -2.23. The first-order chi connectivity index (χ1) is 28.0. The first-order valence-electron chi connectivity index (χ1n) is 20.9. The fourth-order valence-corrected chi connectivity index (χ4v) is 11.6. The van der Waals surface area contributed by atoms with Crippen LogP contribution in [0.1, 0.15) is 72.5 Å². The zero-order valence-corrected chi connectivity index (χ0v) is 34.6. The molecule has 0 saturated heterocycles. The van der Waals surface area contributed by atoms with Gasteiger partial charge in [-0.15, -0.1) is 0 Å². The van der Waals surface area contributed by atoms with Crippen molar-refractivity contribution in [1.29, 1.82) is 0 Å². The summed E-state index contributed by atoms with van der Waals surface area (Å²) in [5.74, 6) is 0. The van der Waals surface area contributed by atoms with Gasteiger partial charge in [-0.1, -0.05) is 137 Å². The summed E-state index contributed by atoms with van der Waals surface area (Å²) >= 11 is 0. The molecule has 0 bridgehead atoms. The summed E-state index contributed by atoms with van der Waals surface area (Å²) in [6.45, 7) is 18.9. The molecule has 0 unspecified atom stereocenters. The Labute approximate surface area is 340 Å². The predicted molar refractivity (Wildman–Crippen MR) is 247 cm³/mol. The fourth-order valence-electron chi connectivity index (χ4n) is 11.6. The monoisotopic (exact) mass is 746 g/mol. The second kappa shape index (κ2) is 11.2. The van der Waals surface area contributed by atoms with E-state index in [-0.39, 0.29) is 10.8 Å². The summed E-state index contributed by atoms with van der Waals surface area (Å²) in [6, 6.07) is 50.7. The molecule has 2 aromatic heterocycles. The molecule has 12 rings (SSSR count). The van der Waals surface area contributed by atoms with Crippen molar-refractivity contribution < 1.29 is 0 Å². The summed E-state index contributed by atoms with van der Waals surface area (Å²) in [5.41, 5.74) is 21.2. The Morgan fingerprint density at radius 1 is 0.345 bits per heavy atom. The Morgan fingerprint density at radius 2 is 0.690 bits per heavy atom. The van der Waals surface area contributed by atoms with Crippen molar-refractivity contribution in [3.05, 3.63) is 178 Å². The van der Waals surface area contributed by atoms with Gasteiger partial charge in [-0.05, 0) is 118 Å². The van der Waals surface area contributed by atoms with Gasteiger partial charge in [0.2, 0.25) is 0 Å². The number of aryl methyl sites for hydroxylation is 2. The highest BCUT2D eigenvalue weighted by molar-refractivity contribution is 6.40. The van der Waals surface area contributed by atoms with E-state index < -0.39 is 0 Å². The maximum absolute atomic E-state index is 2.57. The van der Waals surface area contributed by atoms with Gasteiger partial charge in [0.05, 0.1) is 11.0 Å². The Balaban J connectivity index is 1.20. The number of hydrogen-bond acceptors (Lipinski definition) is 0. The molecule has 280 valence electrons. The van der Waals surface area contributed by atoms with Crippen molar-refractivity contribution in [3.8, 4) is 33.6 Å². The SMILES string of the molecule is Cc1c(C)n(-c2ccc3c(c2)C(C)(C)c2ccccc2-3)c2c3ccccc3c3c4c(C)c(C)n(-c5ccc6c(c5)C(C)(C)c5ccccc5-6)c4c4ccccc4c3c12. The minimum atomic E-state index is -0.0779. The predicted octanol–water partition coefficient (Wildman–Crippen LogP) is 14.9. The molecule has 0 N–H and O–H groups in total. The number of benzene rings is 8. The van der Waals surface area contributed by atoms with Crippen LogP contribution in [0.2, 0.25) is 0 Å². The third-order valence-corrected chi connectivity index (χ3v) is 14.7. The van der Waals surface area contributed by atoms with Crippen LogP contribution in [0, 0.1) is 27.7 Å². The van der Waals surface area contributed by atoms with Gasteiger partial charge in [0.1, 0.15) is 0 Å². The van der Waals surface area contributed by atoms with Crippen LogP contribution in [0.15, 0.2) is 133 Å². The van der Waals surface area contributed by atoms with Crippen molar-refractivity contribution in [3.63, 3.8) is 0 Å². The van der Waals surface area contributed by atoms with E-state index >= 15 is 0 Å². The average Bonchev–Trinajstić information content (AvgIpc) is 3.84. The average molecular weight is 747 g/mol. The van der Waals surface area contributed by atoms with E-state index in [1.807, 2.05) is 0 Å². The number of nitrogens with zero attached hydrogens (tertiary/aromatic N) is 2. The van der Waals surface area contributed by atoms with Gasteiger partial charge in [-0.3, -0.25) is 0 Å². The van der Waals surface area contributed by atoms with E-state index in [0.29, 0.717) is 0 Å². The summed E-state index contributed by atoms with van der Waals surface area (Å²) in [4.78, 5) is 0. The Hall–Kier alpha value is -6.38. The first-order valence-corrected chi connectivity index (χ1v) is 20.9. The summed E-state index contributed by atoms with van der Waals surface area (Å²) in [5, 5.41) is 10.6. The number of rotatable bonds is 2. The molecule has 2 nitrogen and oxygen atoms in total. The van der Waals surface area contributed by atoms with E-state index in [1.165, 1.54) is 133 Å². The second-order valence-corrected chi connectivity index (χ2v) is 18.2. The molecule has 2 heterocycles. The molecule has 0 saturated carbocycles. The zero-order chi connectivity index (χ0) is 39.6. The molecule has 2 heteroatoms. The van der Waals surface area contributed by atoms with Crippen LogP contribution < -0.4 is 0 Å². The third kappa shape index (κ3) is 3.98. The van der Waals surface area contributed by atoms with Crippen LogP contribution in [-0.4, -0.2) is 9.13 Å². The van der Waals surface area contributed by atoms with Gasteiger partial charge in [0.25, 0.3) is 0 Å². The quantitative estimate of drug-likeness (QED) is 0.156. The summed E-state index contributed by atoms with van der Waals surface area (Å²) in [6.07, 6.45) is 0. The number of hydrogen-bond donors (Lipinski definition) is 0. The Morgan fingerprint density at radius 3 is 1.10 bits per heavy atom. The van der Waals surface area contributed by atoms with Crippen molar-refractivity contribution in [2.75, 3.05) is 0 Å². The van der Waals surface area contributed by atoms with Gasteiger partial charge >= 0.3 is 0 Å². The molecule has 10 aromatic rings. The Bertz CT molecular complexity index is 3260. The van der Waals surface area contributed by atoms with Crippen molar-refractivity contribution >= 4 is 54.1 Å². The van der Waals surface area contributed by atoms with Crippen molar-refractivity contribution in [1.82, 2.24) is 9.13 Å². The van der Waals surface area contributed by atoms with E-state index in [0.717, 1.165) is 0 Å². The topological polar surface area (TPSA) is 9.86 Å². The largest absolute Gasteiger partial charge is 0.313 e. The molecule has 0 radical (unpaired) electrons. The molecule has 0 fully saturated rings. The highest BCUT2D eigenvalue weighted by Crippen LogP contribution is 2.53. The highest BCUT2D eigenvalue weighted by Gasteiger charge is 2.37. The molecule has 58 heavy (non-hydrogen) atoms. The molecule has 2 aliphatic carbocycles. The molecule has 8 aromatic carbocycles. The third-order valence-electron chi connectivity index (χ3n) is 14.7. The first kappa shape index (κ1) is 33.7. The lowest BCUT2D eigenvalue weighted by atomic mass is 9.82. The molecule has 2 aliphatic rings. The molecular weight excluding hydrogens is 701 g/mol. The summed E-state index contributed by atoms with van der Waals surface area (Å²) in [7, 11) is 0. The van der Waals surface area contributed by atoms with Gasteiger partial charge in [-0.2, -0.15) is 0 Å². The lowest BCUT2D eigenvalue weighted by Crippen LogP contribution is -2.15. The molecule has 0 aliphatic heterocycles. The van der Waals surface area contributed by atoms with Crippen LogP contribution in [0.5, 0.6) is 0 Å². The van der Waals surface area contributed by atoms with Gasteiger partial charge < -0.3 is 9.13 Å². The van der Waals surface area contributed by atoms with Crippen LogP contribution in [0.4, 0.5) is 0 Å². The van der Waals surface area contributed by atoms with E-state index in [9.17, 15) is 0 Å². The maximum atomic E-state index is 2.57. The molecule has 0 amide bonds. The maximum Gasteiger partial charge on any atom is 0.0619 e. The van der Waals surface area contributed by atoms with Crippen molar-refractivity contribution in [2.45, 2.75) is 66.2 Å². The zero-order valence-electron chi connectivity index (χ0n) is 34.6. The number of aromatic nitrogens is 2. The minimum absolute atomic E-state index is 0.0779. The van der Waals surface area contributed by atoms with Crippen LogP contribution in [0.25, 0.3) is 87.8 Å². The van der Waals surface area contributed by atoms with Gasteiger partial charge in [0.15, 0.2) is 0 Å². The standard InChI is InChI=1S/C56H46N2/c1-31-33(3)57(35-25-27-39-37-17-13-15-23-45(37)55(5,6)47(39)29-35)53-43-21-11-10-20-42(43)52-50-32(2)34(4)58(54(50)44-22-12-9-19-41(44)51(52)49(31)53)36-26-28-40-38-18-14-16-24-46(38)56(7,8)48(40)30-36/h9-30H,1-8H3. The smallest absolute Gasteiger partial charge is 0.0619 e. The minimum Gasteiger partial charge on any atom is -0.313 e. The highest BCUT2D eigenvalue weighted by atomic mass is 15.0. The van der Waals surface area contributed by atoms with Crippen LogP contribution in [-0.2, 0) is 10.8 Å². The Kier molecular flexibility index (Phi) is 6.50. The fraction of sp³-hybridized carbons (Fsp3) is 0.179. The normalized spacial score (nSPS) is 14.8. The summed E-state index contributed by atoms with van der Waals surface area (Å²) < 4.78 is 5.14. The molecular formula is C56H46N2. The van der Waals surface area contributed by atoms with Gasteiger partial charge in [-0.25, -0.2) is 0 Å². The number of fused-ring (bicyclic) bond motifs is 17. The molecule has 0 atom stereocenters. The van der Waals surface area contributed by atoms with E-state index in [1.54, 1.807) is 0 Å². The lowest BCUT2D eigenvalue weighted by molar-refractivity contribution is 0.659. The molecule has 0 spiro atoms. The van der Waals surface area contributed by atoms with Crippen LogP contribution >= 0.6 is 0 Å². The van der Waals surface area contributed by atoms with E-state index in [2.05, 4.69) is 198 Å². The van der Waals surface area contributed by atoms with Gasteiger partial charge in [0, 0.05) is 65.9 Å². The van der Waals surface area contributed by atoms with E-state index in [4.69, 9.17) is 0 Å². The second-order valence-electron chi connectivity index (χ2n) is 18.2. The van der Waals surface area contributed by atoms with Crippen molar-refractivity contribution in [2.24, 2.45) is 0 Å².